The second-order valence-electron chi connectivity index (χ2n) is 6.61. The molecule has 0 spiro atoms. The second-order valence-corrected chi connectivity index (χ2v) is 6.61. The van der Waals surface area contributed by atoms with Crippen LogP contribution in [-0.4, -0.2) is 20.7 Å². The number of aromatic nitrogens is 3. The van der Waals surface area contributed by atoms with Crippen LogP contribution in [0.5, 0.6) is 0 Å². The van der Waals surface area contributed by atoms with Crippen LogP contribution in [0.25, 0.3) is 22.2 Å². The summed E-state index contributed by atoms with van der Waals surface area (Å²) in [5.74, 6) is 0.578. The van der Waals surface area contributed by atoms with Crippen LogP contribution in [0.15, 0.2) is 59.5 Å². The number of nitrogens with zero attached hydrogens (tertiary/aromatic N) is 3. The molecule has 0 saturated heterocycles. The molecule has 6 nitrogen and oxygen atoms in total. The first-order valence-electron chi connectivity index (χ1n) is 8.77. The summed E-state index contributed by atoms with van der Waals surface area (Å²) in [5, 5.41) is 8.63. The van der Waals surface area contributed by atoms with E-state index in [-0.39, 0.29) is 5.91 Å². The summed E-state index contributed by atoms with van der Waals surface area (Å²) in [4.78, 5) is 15.9. The van der Waals surface area contributed by atoms with Gasteiger partial charge in [-0.2, -0.15) is 5.10 Å². The second kappa shape index (κ2) is 7.07. The topological polar surface area (TPSA) is 73.0 Å². The van der Waals surface area contributed by atoms with Crippen molar-refractivity contribution in [3.8, 4) is 11.3 Å². The Morgan fingerprint density at radius 2 is 2.00 bits per heavy atom. The first kappa shape index (κ1) is 17.0. The van der Waals surface area contributed by atoms with Gasteiger partial charge in [-0.15, -0.1) is 0 Å². The summed E-state index contributed by atoms with van der Waals surface area (Å²) in [6.07, 6.45) is 3.26. The summed E-state index contributed by atoms with van der Waals surface area (Å²) < 4.78 is 7.01. The van der Waals surface area contributed by atoms with E-state index >= 15 is 0 Å². The van der Waals surface area contributed by atoms with Crippen molar-refractivity contribution in [2.24, 2.45) is 7.05 Å². The normalized spacial score (nSPS) is 11.0. The molecule has 0 aliphatic heterocycles. The molecule has 2 heterocycles. The lowest BCUT2D eigenvalue weighted by Gasteiger charge is -2.05. The minimum Gasteiger partial charge on any atom is -0.447 e. The molecule has 0 unspecified atom stereocenters. The first-order chi connectivity index (χ1) is 13.1. The van der Waals surface area contributed by atoms with Crippen molar-refractivity contribution < 1.29 is 9.21 Å². The van der Waals surface area contributed by atoms with Gasteiger partial charge in [-0.05, 0) is 24.6 Å². The van der Waals surface area contributed by atoms with Crippen molar-refractivity contribution in [1.29, 1.82) is 0 Å². The third-order valence-electron chi connectivity index (χ3n) is 4.54. The van der Waals surface area contributed by atoms with Crippen LogP contribution in [-0.2, 0) is 24.8 Å². The van der Waals surface area contributed by atoms with Crippen molar-refractivity contribution in [3.05, 3.63) is 71.9 Å². The number of hydrogen-bond donors (Lipinski definition) is 1. The van der Waals surface area contributed by atoms with Crippen molar-refractivity contribution in [2.45, 2.75) is 19.9 Å². The average molecular weight is 360 g/mol. The molecule has 136 valence electrons. The van der Waals surface area contributed by atoms with Crippen LogP contribution < -0.4 is 5.32 Å². The molecule has 0 fully saturated rings. The van der Waals surface area contributed by atoms with E-state index in [1.54, 1.807) is 6.20 Å². The molecule has 4 aromatic rings. The predicted octanol–water partition coefficient (Wildman–Crippen LogP) is 3.40. The third-order valence-corrected chi connectivity index (χ3v) is 4.54. The van der Waals surface area contributed by atoms with Gasteiger partial charge < -0.3 is 9.73 Å². The van der Waals surface area contributed by atoms with Gasteiger partial charge in [0.2, 0.25) is 5.91 Å². The van der Waals surface area contributed by atoms with Crippen molar-refractivity contribution in [1.82, 2.24) is 20.1 Å². The Morgan fingerprint density at radius 1 is 1.19 bits per heavy atom. The molecule has 0 bridgehead atoms. The molecule has 0 saturated carbocycles. The Morgan fingerprint density at radius 3 is 2.74 bits per heavy atom. The molecule has 0 atom stereocenters. The zero-order valence-corrected chi connectivity index (χ0v) is 15.3. The Bertz CT molecular complexity index is 1080. The maximum absolute atomic E-state index is 12.1. The van der Waals surface area contributed by atoms with Gasteiger partial charge in [-0.25, -0.2) is 4.98 Å². The Hall–Kier alpha value is -3.41. The molecule has 0 aliphatic carbocycles. The SMILES string of the molecule is Cc1ccc2c(c1)c(-c1ccc(CC(=O)NCc3cnco3)cc1)nn2C. The lowest BCUT2D eigenvalue weighted by atomic mass is 10.0. The van der Waals surface area contributed by atoms with E-state index in [0.717, 1.165) is 27.7 Å². The highest BCUT2D eigenvalue weighted by Gasteiger charge is 2.11. The van der Waals surface area contributed by atoms with E-state index in [1.807, 2.05) is 36.0 Å². The third kappa shape index (κ3) is 3.60. The van der Waals surface area contributed by atoms with Gasteiger partial charge in [0.1, 0.15) is 11.5 Å². The molecule has 4 rings (SSSR count). The molecule has 0 radical (unpaired) electrons. The zero-order valence-electron chi connectivity index (χ0n) is 15.3. The minimum absolute atomic E-state index is 0.0574. The molecule has 2 aromatic heterocycles. The summed E-state index contributed by atoms with van der Waals surface area (Å²) >= 11 is 0. The van der Waals surface area contributed by atoms with Gasteiger partial charge in [-0.1, -0.05) is 35.9 Å². The monoisotopic (exact) mass is 360 g/mol. The lowest BCUT2D eigenvalue weighted by molar-refractivity contribution is -0.120. The van der Waals surface area contributed by atoms with Crippen LogP contribution in [0.4, 0.5) is 0 Å². The number of oxazole rings is 1. The van der Waals surface area contributed by atoms with Crippen molar-refractivity contribution in [2.75, 3.05) is 0 Å². The summed E-state index contributed by atoms with van der Waals surface area (Å²) in [5.41, 5.74) is 5.25. The smallest absolute Gasteiger partial charge is 0.224 e. The Kier molecular flexibility index (Phi) is 4.46. The average Bonchev–Trinajstić information content (AvgIpc) is 3.29. The maximum Gasteiger partial charge on any atom is 0.224 e. The quantitative estimate of drug-likeness (QED) is 0.592. The van der Waals surface area contributed by atoms with Crippen LogP contribution in [0.3, 0.4) is 0 Å². The van der Waals surface area contributed by atoms with Gasteiger partial charge in [-0.3, -0.25) is 9.48 Å². The van der Waals surface area contributed by atoms with Gasteiger partial charge in [0, 0.05) is 18.0 Å². The highest BCUT2D eigenvalue weighted by molar-refractivity contribution is 5.93. The Balaban J connectivity index is 1.49. The van der Waals surface area contributed by atoms with Crippen molar-refractivity contribution in [3.63, 3.8) is 0 Å². The highest BCUT2D eigenvalue weighted by atomic mass is 16.3. The predicted molar refractivity (Wildman–Crippen MR) is 103 cm³/mol. The molecule has 6 heteroatoms. The van der Waals surface area contributed by atoms with Crippen LogP contribution in [0.2, 0.25) is 0 Å². The first-order valence-corrected chi connectivity index (χ1v) is 8.77. The largest absolute Gasteiger partial charge is 0.447 e. The van der Waals surface area contributed by atoms with E-state index in [0.29, 0.717) is 18.7 Å². The van der Waals surface area contributed by atoms with Gasteiger partial charge >= 0.3 is 0 Å². The number of hydrogen-bond acceptors (Lipinski definition) is 4. The molecule has 27 heavy (non-hydrogen) atoms. The molecule has 0 aliphatic rings. The van der Waals surface area contributed by atoms with Gasteiger partial charge in [0.25, 0.3) is 0 Å². The Labute approximate surface area is 156 Å². The number of carbonyl (C=O) groups is 1. The molecular formula is C21H20N4O2. The highest BCUT2D eigenvalue weighted by Crippen LogP contribution is 2.28. The van der Waals surface area contributed by atoms with Crippen molar-refractivity contribution >= 4 is 16.8 Å². The van der Waals surface area contributed by atoms with E-state index in [9.17, 15) is 4.79 Å². The van der Waals surface area contributed by atoms with Gasteiger partial charge in [0.15, 0.2) is 6.39 Å². The number of amides is 1. The van der Waals surface area contributed by atoms with Crippen LogP contribution >= 0.6 is 0 Å². The zero-order chi connectivity index (χ0) is 18.8. The van der Waals surface area contributed by atoms with Gasteiger partial charge in [0.05, 0.1) is 24.7 Å². The number of nitrogens with one attached hydrogen (secondary N) is 1. The van der Waals surface area contributed by atoms with Crippen LogP contribution in [0.1, 0.15) is 16.9 Å². The molecule has 2 aromatic carbocycles. The molecular weight excluding hydrogens is 340 g/mol. The van der Waals surface area contributed by atoms with E-state index in [1.165, 1.54) is 12.0 Å². The summed E-state index contributed by atoms with van der Waals surface area (Å²) in [6.45, 7) is 2.42. The number of aryl methyl sites for hydroxylation is 2. The lowest BCUT2D eigenvalue weighted by Crippen LogP contribution is -2.24. The minimum atomic E-state index is -0.0574. The number of rotatable bonds is 5. The summed E-state index contributed by atoms with van der Waals surface area (Å²) in [7, 11) is 1.95. The van der Waals surface area contributed by atoms with E-state index in [2.05, 4.69) is 40.5 Å². The number of benzene rings is 2. The van der Waals surface area contributed by atoms with Crippen LogP contribution in [0, 0.1) is 6.92 Å². The molecule has 1 N–H and O–H groups in total. The maximum atomic E-state index is 12.1. The van der Waals surface area contributed by atoms with E-state index in [4.69, 9.17) is 4.42 Å². The number of carbonyl (C=O) groups excluding carboxylic acids is 1. The molecule has 1 amide bonds. The fraction of sp³-hybridized carbons (Fsp3) is 0.190. The summed E-state index contributed by atoms with van der Waals surface area (Å²) in [6, 6.07) is 14.3. The standard InChI is InChI=1S/C21H20N4O2/c1-14-3-8-19-18(9-14)21(24-25(19)2)16-6-4-15(5-7-16)10-20(26)23-12-17-11-22-13-27-17/h3-9,11,13H,10,12H2,1-2H3,(H,23,26). The fourth-order valence-corrected chi connectivity index (χ4v) is 3.14. The van der Waals surface area contributed by atoms with E-state index < -0.39 is 0 Å². The fourth-order valence-electron chi connectivity index (χ4n) is 3.14. The number of fused-ring (bicyclic) bond motifs is 1.